The van der Waals surface area contributed by atoms with Crippen molar-refractivity contribution < 1.29 is 19.4 Å². The summed E-state index contributed by atoms with van der Waals surface area (Å²) in [5, 5.41) is 9.82. The summed E-state index contributed by atoms with van der Waals surface area (Å²) in [5.41, 5.74) is -1.41. The van der Waals surface area contributed by atoms with E-state index in [9.17, 15) is 9.59 Å². The number of anilines is 1. The van der Waals surface area contributed by atoms with E-state index < -0.39 is 17.3 Å². The Bertz CT molecular complexity index is 469. The molecule has 0 atom stereocenters. The third kappa shape index (κ3) is 1.98. The third-order valence-corrected chi connectivity index (χ3v) is 4.41. The fourth-order valence-corrected chi connectivity index (χ4v) is 2.87. The van der Waals surface area contributed by atoms with Crippen LogP contribution in [0.2, 0.25) is 0 Å². The van der Waals surface area contributed by atoms with Crippen LogP contribution in [0.15, 0.2) is 15.9 Å². The molecule has 1 saturated heterocycles. The lowest BCUT2D eigenvalue weighted by molar-refractivity contribution is -0.183. The van der Waals surface area contributed by atoms with Crippen molar-refractivity contribution in [2.75, 3.05) is 25.2 Å². The van der Waals surface area contributed by atoms with E-state index >= 15 is 0 Å². The van der Waals surface area contributed by atoms with Crippen LogP contribution in [0.4, 0.5) is 5.00 Å². The Balaban J connectivity index is 2.22. The van der Waals surface area contributed by atoms with Gasteiger partial charge in [-0.15, -0.1) is 11.3 Å². The van der Waals surface area contributed by atoms with Gasteiger partial charge < -0.3 is 14.7 Å². The zero-order valence-electron chi connectivity index (χ0n) is 8.97. The maximum Gasteiger partial charge on any atom is 0.324 e. The summed E-state index contributed by atoms with van der Waals surface area (Å²) in [6.07, 6.45) is 0. The summed E-state index contributed by atoms with van der Waals surface area (Å²) in [5.74, 6) is -1.57. The summed E-state index contributed by atoms with van der Waals surface area (Å²) in [7, 11) is 1.57. The van der Waals surface area contributed by atoms with Crippen molar-refractivity contribution in [3.05, 3.63) is 15.9 Å². The first-order valence-corrected chi connectivity index (χ1v) is 6.43. The zero-order valence-corrected chi connectivity index (χ0v) is 11.4. The molecule has 1 aliphatic heterocycles. The van der Waals surface area contributed by atoms with Gasteiger partial charge in [0.05, 0.1) is 22.0 Å². The molecule has 0 bridgehead atoms. The molecule has 17 heavy (non-hydrogen) atoms. The van der Waals surface area contributed by atoms with Crippen LogP contribution in [0, 0.1) is 5.41 Å². The van der Waals surface area contributed by atoms with Gasteiger partial charge in [0, 0.05) is 7.05 Å². The molecule has 92 valence electrons. The van der Waals surface area contributed by atoms with Gasteiger partial charge in [-0.05, 0) is 28.1 Å². The van der Waals surface area contributed by atoms with Gasteiger partial charge in [0.25, 0.3) is 0 Å². The van der Waals surface area contributed by atoms with Crippen LogP contribution in [0.5, 0.6) is 0 Å². The second-order valence-electron chi connectivity index (χ2n) is 3.82. The molecule has 1 amide bonds. The van der Waals surface area contributed by atoms with Gasteiger partial charge in [-0.1, -0.05) is 0 Å². The van der Waals surface area contributed by atoms with Crippen molar-refractivity contribution >= 4 is 44.1 Å². The molecule has 0 aliphatic carbocycles. The lowest BCUT2D eigenvalue weighted by Crippen LogP contribution is -2.59. The highest BCUT2D eigenvalue weighted by molar-refractivity contribution is 9.11. The molecule has 0 spiro atoms. The highest BCUT2D eigenvalue weighted by Gasteiger charge is 2.54. The first kappa shape index (κ1) is 12.5. The standard InChI is InChI=1S/C10H10BrNO4S/c1-12(7-3-2-6(11)17-7)8(13)10(9(14)15)4-16-5-10/h2-3H,4-5H2,1H3,(H,14,15). The normalized spacial score (nSPS) is 17.3. The van der Waals surface area contributed by atoms with Crippen molar-refractivity contribution in [2.24, 2.45) is 5.41 Å². The maximum atomic E-state index is 12.2. The van der Waals surface area contributed by atoms with Crippen LogP contribution in [-0.4, -0.2) is 37.2 Å². The Morgan fingerprint density at radius 1 is 1.53 bits per heavy atom. The average molecular weight is 320 g/mol. The molecule has 1 aromatic heterocycles. The number of carboxylic acids is 1. The molecular formula is C10H10BrNO4S. The Morgan fingerprint density at radius 2 is 2.18 bits per heavy atom. The molecule has 0 unspecified atom stereocenters. The first-order chi connectivity index (χ1) is 7.97. The topological polar surface area (TPSA) is 66.8 Å². The molecule has 0 aromatic carbocycles. The minimum atomic E-state index is -1.41. The van der Waals surface area contributed by atoms with Crippen molar-refractivity contribution in [3.8, 4) is 0 Å². The van der Waals surface area contributed by atoms with Gasteiger partial charge in [0.2, 0.25) is 5.91 Å². The smallest absolute Gasteiger partial charge is 0.324 e. The molecule has 2 heterocycles. The van der Waals surface area contributed by atoms with Crippen molar-refractivity contribution in [3.63, 3.8) is 0 Å². The van der Waals surface area contributed by atoms with Gasteiger partial charge in [0.15, 0.2) is 5.41 Å². The second kappa shape index (κ2) is 4.40. The van der Waals surface area contributed by atoms with E-state index in [1.165, 1.54) is 16.2 Å². The number of hydrogen-bond acceptors (Lipinski definition) is 4. The van der Waals surface area contributed by atoms with Gasteiger partial charge in [-0.2, -0.15) is 0 Å². The van der Waals surface area contributed by atoms with E-state index in [4.69, 9.17) is 9.84 Å². The quantitative estimate of drug-likeness (QED) is 0.859. The second-order valence-corrected chi connectivity index (χ2v) is 6.26. The van der Waals surface area contributed by atoms with Crippen molar-refractivity contribution in [2.45, 2.75) is 0 Å². The fraction of sp³-hybridized carbons (Fsp3) is 0.400. The number of ether oxygens (including phenoxy) is 1. The molecule has 1 fully saturated rings. The third-order valence-electron chi connectivity index (χ3n) is 2.71. The number of amides is 1. The predicted octanol–water partition coefficient (Wildman–Crippen LogP) is 1.57. The van der Waals surface area contributed by atoms with Gasteiger partial charge in [0.1, 0.15) is 0 Å². The van der Waals surface area contributed by atoms with Crippen LogP contribution in [0.1, 0.15) is 0 Å². The molecule has 1 aromatic rings. The number of carbonyl (C=O) groups excluding carboxylic acids is 1. The number of aliphatic carboxylic acids is 1. The molecule has 0 radical (unpaired) electrons. The monoisotopic (exact) mass is 319 g/mol. The van der Waals surface area contributed by atoms with Crippen LogP contribution in [0.25, 0.3) is 0 Å². The molecule has 1 aliphatic rings. The minimum absolute atomic E-state index is 0.0575. The largest absolute Gasteiger partial charge is 0.480 e. The summed E-state index contributed by atoms with van der Waals surface area (Å²) in [6.45, 7) is -0.115. The van der Waals surface area contributed by atoms with Gasteiger partial charge in [-0.25, -0.2) is 0 Å². The molecule has 5 nitrogen and oxygen atoms in total. The Labute approximate surface area is 110 Å². The summed E-state index contributed by atoms with van der Waals surface area (Å²) in [6, 6.07) is 3.58. The SMILES string of the molecule is CN(C(=O)C1(C(=O)O)COC1)c1ccc(Br)s1. The van der Waals surface area contributed by atoms with E-state index in [1.807, 2.05) is 6.07 Å². The highest BCUT2D eigenvalue weighted by Crippen LogP contribution is 2.35. The van der Waals surface area contributed by atoms with Crippen LogP contribution >= 0.6 is 27.3 Å². The number of thiophene rings is 1. The molecule has 2 rings (SSSR count). The van der Waals surface area contributed by atoms with Crippen LogP contribution in [0.3, 0.4) is 0 Å². The van der Waals surface area contributed by atoms with Crippen molar-refractivity contribution in [1.29, 1.82) is 0 Å². The number of hydrogen-bond donors (Lipinski definition) is 1. The number of nitrogens with zero attached hydrogens (tertiary/aromatic N) is 1. The van der Waals surface area contributed by atoms with Gasteiger partial charge in [-0.3, -0.25) is 9.59 Å². The van der Waals surface area contributed by atoms with Gasteiger partial charge >= 0.3 is 5.97 Å². The molecular weight excluding hydrogens is 310 g/mol. The lowest BCUT2D eigenvalue weighted by Gasteiger charge is -2.37. The Morgan fingerprint density at radius 3 is 2.53 bits per heavy atom. The number of carboxylic acid groups (broad SMARTS) is 1. The first-order valence-electron chi connectivity index (χ1n) is 4.82. The summed E-state index contributed by atoms with van der Waals surface area (Å²) < 4.78 is 5.77. The van der Waals surface area contributed by atoms with Crippen LogP contribution < -0.4 is 4.90 Å². The number of halogens is 1. The van der Waals surface area contributed by atoms with E-state index in [0.29, 0.717) is 5.00 Å². The highest BCUT2D eigenvalue weighted by atomic mass is 79.9. The van der Waals surface area contributed by atoms with E-state index in [-0.39, 0.29) is 13.2 Å². The van der Waals surface area contributed by atoms with Crippen molar-refractivity contribution in [1.82, 2.24) is 0 Å². The van der Waals surface area contributed by atoms with E-state index in [0.717, 1.165) is 3.79 Å². The van der Waals surface area contributed by atoms with Crippen LogP contribution in [-0.2, 0) is 14.3 Å². The summed E-state index contributed by atoms with van der Waals surface area (Å²) >= 11 is 4.67. The maximum absolute atomic E-state index is 12.2. The zero-order chi connectivity index (χ0) is 12.6. The molecule has 0 saturated carbocycles. The van der Waals surface area contributed by atoms with E-state index in [2.05, 4.69) is 15.9 Å². The molecule has 1 N–H and O–H groups in total. The summed E-state index contributed by atoms with van der Waals surface area (Å²) in [4.78, 5) is 24.7. The fourth-order valence-electron chi connectivity index (χ4n) is 1.55. The minimum Gasteiger partial charge on any atom is -0.480 e. The number of rotatable bonds is 3. The predicted molar refractivity (Wildman–Crippen MR) is 66.3 cm³/mol. The molecule has 7 heteroatoms. The lowest BCUT2D eigenvalue weighted by atomic mass is 9.84. The van der Waals surface area contributed by atoms with E-state index in [1.54, 1.807) is 13.1 Å². The number of carbonyl (C=O) groups is 2. The Hall–Kier alpha value is -0.920. The average Bonchev–Trinajstić information content (AvgIpc) is 2.61. The Kier molecular flexibility index (Phi) is 3.24.